The van der Waals surface area contributed by atoms with Gasteiger partial charge >= 0.3 is 0 Å². The van der Waals surface area contributed by atoms with E-state index < -0.39 is 0 Å². The van der Waals surface area contributed by atoms with Gasteiger partial charge in [-0.15, -0.1) is 0 Å². The third-order valence-electron chi connectivity index (χ3n) is 5.55. The van der Waals surface area contributed by atoms with Gasteiger partial charge in [-0.1, -0.05) is 60.7 Å². The summed E-state index contributed by atoms with van der Waals surface area (Å²) < 4.78 is 2.43. The van der Waals surface area contributed by atoms with Crippen molar-refractivity contribution in [2.24, 2.45) is 0 Å². The van der Waals surface area contributed by atoms with Crippen molar-refractivity contribution >= 4 is 49.3 Å². The van der Waals surface area contributed by atoms with E-state index in [2.05, 4.69) is 88.4 Å². The van der Waals surface area contributed by atoms with Crippen molar-refractivity contribution in [3.05, 3.63) is 78.9 Å². The highest BCUT2D eigenvalue weighted by molar-refractivity contribution is 6.23. The predicted octanol–water partition coefficient (Wildman–Crippen LogP) is 6.62. The molecule has 1 N–H and O–H groups in total. The molecule has 0 saturated carbocycles. The van der Waals surface area contributed by atoms with Crippen molar-refractivity contribution in [1.82, 2.24) is 9.55 Å². The van der Waals surface area contributed by atoms with E-state index in [1.54, 1.807) is 0 Å². The summed E-state index contributed by atoms with van der Waals surface area (Å²) in [5.74, 6) is 0. The number of fused-ring (bicyclic) bond motifs is 7. The van der Waals surface area contributed by atoms with E-state index in [9.17, 15) is 0 Å². The van der Waals surface area contributed by atoms with Crippen LogP contribution >= 0.6 is 0 Å². The van der Waals surface area contributed by atoms with Crippen molar-refractivity contribution in [3.8, 4) is 0 Å². The Morgan fingerprint density at radius 3 is 2.42 bits per heavy atom. The quantitative estimate of drug-likeness (QED) is 0.355. The van der Waals surface area contributed by atoms with Crippen molar-refractivity contribution in [2.75, 3.05) is 0 Å². The summed E-state index contributed by atoms with van der Waals surface area (Å²) in [6.45, 7) is 0. The Kier molecular flexibility index (Phi) is 2.75. The Hall–Kier alpha value is -3.26. The number of aromatic nitrogens is 2. The molecule has 0 unspecified atom stereocenters. The second kappa shape index (κ2) is 5.12. The monoisotopic (exact) mass is 334 g/mol. The lowest BCUT2D eigenvalue weighted by Crippen LogP contribution is -1.97. The Labute approximate surface area is 151 Å². The second-order valence-electron chi connectivity index (χ2n) is 7.02. The van der Waals surface area contributed by atoms with Gasteiger partial charge in [0.15, 0.2) is 0 Å². The Bertz CT molecular complexity index is 1380. The van der Waals surface area contributed by atoms with Crippen LogP contribution in [0, 0.1) is 0 Å². The third kappa shape index (κ3) is 1.76. The van der Waals surface area contributed by atoms with Gasteiger partial charge in [0.1, 0.15) is 0 Å². The predicted molar refractivity (Wildman–Crippen MR) is 111 cm³/mol. The van der Waals surface area contributed by atoms with Gasteiger partial charge in [-0.05, 0) is 31.1 Å². The highest BCUT2D eigenvalue weighted by Gasteiger charge is 2.17. The van der Waals surface area contributed by atoms with Gasteiger partial charge < -0.3 is 9.55 Å². The van der Waals surface area contributed by atoms with Crippen LogP contribution in [0.15, 0.2) is 78.9 Å². The number of rotatable bonds is 1. The molecule has 2 nitrogen and oxygen atoms in total. The van der Waals surface area contributed by atoms with Gasteiger partial charge in [-0.2, -0.15) is 0 Å². The zero-order chi connectivity index (χ0) is 17.1. The Balaban J connectivity index is 1.89. The van der Waals surface area contributed by atoms with Crippen LogP contribution < -0.4 is 0 Å². The number of hydrogen-bond acceptors (Lipinski definition) is 0. The minimum atomic E-state index is 1.10. The first-order valence-electron chi connectivity index (χ1n) is 9.21. The van der Waals surface area contributed by atoms with Gasteiger partial charge in [-0.3, -0.25) is 0 Å². The number of aromatic amines is 1. The summed E-state index contributed by atoms with van der Waals surface area (Å²) in [7, 11) is 0. The third-order valence-corrected chi connectivity index (χ3v) is 5.55. The van der Waals surface area contributed by atoms with Crippen LogP contribution in [0.25, 0.3) is 49.3 Å². The van der Waals surface area contributed by atoms with E-state index in [-0.39, 0.29) is 0 Å². The van der Waals surface area contributed by atoms with Crippen LogP contribution in [-0.4, -0.2) is 9.55 Å². The van der Waals surface area contributed by atoms with E-state index >= 15 is 0 Å². The molecule has 5 aromatic rings. The minimum absolute atomic E-state index is 1.10. The number of allylic oxidation sites excluding steroid dienone is 4. The molecule has 2 heteroatoms. The zero-order valence-electron chi connectivity index (χ0n) is 14.4. The normalized spacial score (nSPS) is 14.7. The van der Waals surface area contributed by atoms with Gasteiger partial charge in [0.05, 0.1) is 16.6 Å². The molecule has 0 amide bonds. The molecule has 1 aliphatic rings. The fourth-order valence-corrected chi connectivity index (χ4v) is 4.40. The molecule has 0 saturated heterocycles. The molecule has 0 fully saturated rings. The number of hydrogen-bond donors (Lipinski definition) is 1. The standard InChI is InChI=1S/C24H18N2/c1-2-8-16(9-3-1)26-22-13-7-5-11-18(22)20-15-14-19-17-10-4-6-12-21(17)25-23(19)24(20)26/h2,4-15,25H,1,3H2. The van der Waals surface area contributed by atoms with Crippen molar-refractivity contribution in [2.45, 2.75) is 12.8 Å². The number of H-pyrrole nitrogens is 1. The summed E-state index contributed by atoms with van der Waals surface area (Å²) in [5, 5.41) is 5.19. The molecule has 0 aliphatic heterocycles. The van der Waals surface area contributed by atoms with Gasteiger partial charge in [0, 0.05) is 32.8 Å². The smallest absolute Gasteiger partial charge is 0.0783 e. The van der Waals surface area contributed by atoms with Crippen molar-refractivity contribution < 1.29 is 0 Å². The molecule has 1 aliphatic carbocycles. The van der Waals surface area contributed by atoms with Crippen LogP contribution in [0.2, 0.25) is 0 Å². The molecule has 0 radical (unpaired) electrons. The van der Waals surface area contributed by atoms with Gasteiger partial charge in [0.25, 0.3) is 0 Å². The highest BCUT2D eigenvalue weighted by atomic mass is 15.0. The highest BCUT2D eigenvalue weighted by Crippen LogP contribution is 2.38. The topological polar surface area (TPSA) is 20.7 Å². The van der Waals surface area contributed by atoms with E-state index in [0.717, 1.165) is 12.8 Å². The largest absolute Gasteiger partial charge is 0.353 e. The van der Waals surface area contributed by atoms with Crippen LogP contribution in [0.3, 0.4) is 0 Å². The number of para-hydroxylation sites is 2. The van der Waals surface area contributed by atoms with E-state index in [0.29, 0.717) is 0 Å². The fraction of sp³-hybridized carbons (Fsp3) is 0.0833. The van der Waals surface area contributed by atoms with Gasteiger partial charge in [0.2, 0.25) is 0 Å². The maximum absolute atomic E-state index is 3.69. The number of nitrogens with one attached hydrogen (secondary N) is 1. The molecule has 0 atom stereocenters. The molecule has 3 aromatic carbocycles. The minimum Gasteiger partial charge on any atom is -0.353 e. The fourth-order valence-electron chi connectivity index (χ4n) is 4.40. The lowest BCUT2D eigenvalue weighted by atomic mass is 10.1. The first kappa shape index (κ1) is 14.0. The molecule has 26 heavy (non-hydrogen) atoms. The van der Waals surface area contributed by atoms with Crippen molar-refractivity contribution in [1.29, 1.82) is 0 Å². The molecule has 6 rings (SSSR count). The van der Waals surface area contributed by atoms with Crippen LogP contribution in [0.1, 0.15) is 12.8 Å². The lowest BCUT2D eigenvalue weighted by molar-refractivity contribution is 1.02. The average molecular weight is 334 g/mol. The van der Waals surface area contributed by atoms with Crippen LogP contribution in [0.4, 0.5) is 0 Å². The molecular formula is C24H18N2. The molecular weight excluding hydrogens is 316 g/mol. The molecule has 0 spiro atoms. The zero-order valence-corrected chi connectivity index (χ0v) is 14.4. The summed E-state index contributed by atoms with van der Waals surface area (Å²) in [5.41, 5.74) is 6.23. The Morgan fingerprint density at radius 2 is 1.54 bits per heavy atom. The summed E-state index contributed by atoms with van der Waals surface area (Å²) in [4.78, 5) is 3.69. The van der Waals surface area contributed by atoms with E-state index in [1.165, 1.54) is 49.3 Å². The molecule has 2 heterocycles. The van der Waals surface area contributed by atoms with Crippen LogP contribution in [-0.2, 0) is 0 Å². The molecule has 2 aromatic heterocycles. The first-order chi connectivity index (χ1) is 12.9. The lowest BCUT2D eigenvalue weighted by Gasteiger charge is -2.12. The maximum atomic E-state index is 3.69. The summed E-state index contributed by atoms with van der Waals surface area (Å²) in [6, 6.07) is 21.8. The average Bonchev–Trinajstić information content (AvgIpc) is 3.24. The second-order valence-corrected chi connectivity index (χ2v) is 7.02. The SMILES string of the molecule is C1=CC(n2c3ccccc3c3ccc4c5ccccc5[nH]c4c32)=CCC1. The number of benzene rings is 3. The summed E-state index contributed by atoms with van der Waals surface area (Å²) >= 11 is 0. The van der Waals surface area contributed by atoms with Crippen LogP contribution in [0.5, 0.6) is 0 Å². The number of nitrogens with zero attached hydrogens (tertiary/aromatic N) is 1. The summed E-state index contributed by atoms with van der Waals surface area (Å²) in [6.07, 6.45) is 9.12. The Morgan fingerprint density at radius 1 is 0.731 bits per heavy atom. The molecule has 124 valence electrons. The van der Waals surface area contributed by atoms with Gasteiger partial charge in [-0.25, -0.2) is 0 Å². The first-order valence-corrected chi connectivity index (χ1v) is 9.21. The molecule has 0 bridgehead atoms. The van der Waals surface area contributed by atoms with Crippen molar-refractivity contribution in [3.63, 3.8) is 0 Å². The maximum Gasteiger partial charge on any atom is 0.0783 e. The van der Waals surface area contributed by atoms with E-state index in [1.807, 2.05) is 0 Å². The van der Waals surface area contributed by atoms with E-state index in [4.69, 9.17) is 0 Å².